The average Bonchev–Trinajstić information content (AvgIpc) is 3.12. The lowest BCUT2D eigenvalue weighted by atomic mass is 10.2. The second kappa shape index (κ2) is 7.73. The van der Waals surface area contributed by atoms with E-state index in [1.807, 2.05) is 31.2 Å². The lowest BCUT2D eigenvalue weighted by Gasteiger charge is -2.11. The first-order valence-electron chi connectivity index (χ1n) is 8.74. The van der Waals surface area contributed by atoms with E-state index in [0.717, 1.165) is 11.5 Å². The highest BCUT2D eigenvalue weighted by Crippen LogP contribution is 2.26. The first kappa shape index (κ1) is 19.2. The molecule has 3 heterocycles. The van der Waals surface area contributed by atoms with Crippen LogP contribution in [0.3, 0.4) is 0 Å². The van der Waals surface area contributed by atoms with E-state index in [2.05, 4.69) is 20.0 Å². The fourth-order valence-electron chi connectivity index (χ4n) is 2.83. The normalized spacial score (nSPS) is 11.5. The Balaban J connectivity index is 1.58. The van der Waals surface area contributed by atoms with E-state index in [0.29, 0.717) is 29.0 Å². The molecule has 9 heteroatoms. The van der Waals surface area contributed by atoms with Gasteiger partial charge >= 0.3 is 0 Å². The van der Waals surface area contributed by atoms with Crippen LogP contribution in [0, 0.1) is 6.92 Å². The van der Waals surface area contributed by atoms with Crippen molar-refractivity contribution in [2.24, 2.45) is 0 Å². The van der Waals surface area contributed by atoms with Gasteiger partial charge in [-0.25, -0.2) is 18.4 Å². The lowest BCUT2D eigenvalue weighted by Crippen LogP contribution is -2.13. The number of sulfonamides is 1. The van der Waals surface area contributed by atoms with Crippen LogP contribution in [0.1, 0.15) is 11.5 Å². The molecule has 3 aromatic heterocycles. The zero-order valence-corrected chi connectivity index (χ0v) is 17.0. The van der Waals surface area contributed by atoms with Gasteiger partial charge in [0.2, 0.25) is 0 Å². The number of anilines is 2. The molecule has 0 saturated carbocycles. The van der Waals surface area contributed by atoms with Crippen LogP contribution in [0.25, 0.3) is 10.9 Å². The van der Waals surface area contributed by atoms with Crippen LogP contribution in [-0.2, 0) is 16.6 Å². The molecule has 148 valence electrons. The Morgan fingerprint density at radius 2 is 1.93 bits per heavy atom. The summed E-state index contributed by atoms with van der Waals surface area (Å²) in [6.07, 6.45) is 1.21. The molecular formula is C20H17ClN4O3S. The molecule has 7 nitrogen and oxygen atoms in total. The van der Waals surface area contributed by atoms with Crippen molar-refractivity contribution in [2.45, 2.75) is 18.4 Å². The third-order valence-corrected chi connectivity index (χ3v) is 5.80. The van der Waals surface area contributed by atoms with Crippen molar-refractivity contribution in [1.29, 1.82) is 0 Å². The SMILES string of the molecule is Cc1ccc(CNc2ccc3c(NS(=O)(=O)c4ccc(Cl)nc4)cccc3n2)o1. The van der Waals surface area contributed by atoms with E-state index in [1.54, 1.807) is 18.2 Å². The zero-order valence-electron chi connectivity index (χ0n) is 15.4. The van der Waals surface area contributed by atoms with Crippen molar-refractivity contribution in [1.82, 2.24) is 9.97 Å². The molecule has 0 atom stereocenters. The highest BCUT2D eigenvalue weighted by Gasteiger charge is 2.16. The van der Waals surface area contributed by atoms with Gasteiger partial charge in [-0.15, -0.1) is 0 Å². The summed E-state index contributed by atoms with van der Waals surface area (Å²) < 4.78 is 33.4. The Kier molecular flexibility index (Phi) is 5.12. The highest BCUT2D eigenvalue weighted by molar-refractivity contribution is 7.92. The van der Waals surface area contributed by atoms with Crippen LogP contribution in [-0.4, -0.2) is 18.4 Å². The van der Waals surface area contributed by atoms with Crippen LogP contribution in [0.2, 0.25) is 5.15 Å². The molecule has 4 aromatic rings. The maximum atomic E-state index is 12.6. The molecule has 0 saturated heterocycles. The summed E-state index contributed by atoms with van der Waals surface area (Å²) in [5.41, 5.74) is 1.08. The summed E-state index contributed by atoms with van der Waals surface area (Å²) in [5.74, 6) is 2.32. The van der Waals surface area contributed by atoms with E-state index in [9.17, 15) is 8.42 Å². The monoisotopic (exact) mass is 428 g/mol. The standard InChI is InChI=1S/C20H17ClN4O3S/c1-13-5-6-14(28-13)11-23-20-10-8-16-17(24-20)3-2-4-18(16)25-29(26,27)15-7-9-19(21)22-12-15/h2-10,12,25H,11H2,1H3,(H,23,24). The van der Waals surface area contributed by atoms with Gasteiger partial charge in [0.05, 0.1) is 17.7 Å². The number of furan rings is 1. The van der Waals surface area contributed by atoms with Crippen molar-refractivity contribution in [3.05, 3.63) is 77.5 Å². The molecular weight excluding hydrogens is 412 g/mol. The first-order valence-corrected chi connectivity index (χ1v) is 10.6. The van der Waals surface area contributed by atoms with Crippen molar-refractivity contribution in [3.8, 4) is 0 Å². The maximum absolute atomic E-state index is 12.6. The molecule has 0 spiro atoms. The third-order valence-electron chi connectivity index (χ3n) is 4.23. The molecule has 0 aliphatic heterocycles. The molecule has 0 amide bonds. The van der Waals surface area contributed by atoms with Gasteiger partial charge < -0.3 is 9.73 Å². The van der Waals surface area contributed by atoms with Crippen molar-refractivity contribution in [3.63, 3.8) is 0 Å². The van der Waals surface area contributed by atoms with Gasteiger partial charge in [-0.3, -0.25) is 4.72 Å². The predicted octanol–water partition coefficient (Wildman–Crippen LogP) is 4.60. The summed E-state index contributed by atoms with van der Waals surface area (Å²) >= 11 is 5.73. The van der Waals surface area contributed by atoms with Crippen LogP contribution in [0.15, 0.2) is 70.1 Å². The summed E-state index contributed by atoms with van der Waals surface area (Å²) in [6.45, 7) is 2.39. The summed E-state index contributed by atoms with van der Waals surface area (Å²) in [4.78, 5) is 8.41. The number of pyridine rings is 2. The van der Waals surface area contributed by atoms with E-state index in [1.165, 1.54) is 18.3 Å². The zero-order chi connectivity index (χ0) is 20.4. The van der Waals surface area contributed by atoms with Gasteiger partial charge in [-0.05, 0) is 55.5 Å². The number of aryl methyl sites for hydroxylation is 1. The second-order valence-electron chi connectivity index (χ2n) is 6.36. The molecule has 0 bridgehead atoms. The molecule has 0 fully saturated rings. The Labute approximate surface area is 172 Å². The minimum Gasteiger partial charge on any atom is -0.465 e. The predicted molar refractivity (Wildman–Crippen MR) is 113 cm³/mol. The van der Waals surface area contributed by atoms with Crippen molar-refractivity contribution < 1.29 is 12.8 Å². The number of hydrogen-bond acceptors (Lipinski definition) is 6. The third kappa shape index (κ3) is 4.33. The Morgan fingerprint density at radius 3 is 2.66 bits per heavy atom. The molecule has 0 radical (unpaired) electrons. The Morgan fingerprint density at radius 1 is 1.07 bits per heavy atom. The average molecular weight is 429 g/mol. The molecule has 0 aliphatic carbocycles. The Bertz CT molecular complexity index is 1270. The second-order valence-corrected chi connectivity index (χ2v) is 8.43. The smallest absolute Gasteiger partial charge is 0.263 e. The lowest BCUT2D eigenvalue weighted by molar-refractivity contribution is 0.490. The minimum atomic E-state index is -3.80. The summed E-state index contributed by atoms with van der Waals surface area (Å²) in [6, 6.07) is 15.5. The van der Waals surface area contributed by atoms with E-state index >= 15 is 0 Å². The molecule has 0 aliphatic rings. The van der Waals surface area contributed by atoms with Crippen molar-refractivity contribution in [2.75, 3.05) is 10.0 Å². The van der Waals surface area contributed by atoms with Gasteiger partial charge in [-0.2, -0.15) is 0 Å². The topological polar surface area (TPSA) is 97.1 Å². The number of fused-ring (bicyclic) bond motifs is 1. The fraction of sp³-hybridized carbons (Fsp3) is 0.100. The number of rotatable bonds is 6. The van der Waals surface area contributed by atoms with Gasteiger partial charge in [-0.1, -0.05) is 17.7 Å². The van der Waals surface area contributed by atoms with Crippen LogP contribution < -0.4 is 10.0 Å². The Hall–Kier alpha value is -3.10. The highest BCUT2D eigenvalue weighted by atomic mass is 35.5. The van der Waals surface area contributed by atoms with Crippen molar-refractivity contribution >= 4 is 44.0 Å². The first-order chi connectivity index (χ1) is 13.9. The van der Waals surface area contributed by atoms with Gasteiger partial charge in [0.1, 0.15) is 27.4 Å². The van der Waals surface area contributed by atoms with Gasteiger partial charge in [0, 0.05) is 11.6 Å². The van der Waals surface area contributed by atoms with Gasteiger partial charge in [0.15, 0.2) is 0 Å². The number of halogens is 1. The molecule has 4 rings (SSSR count). The summed E-state index contributed by atoms with van der Waals surface area (Å²) in [7, 11) is -3.80. The van der Waals surface area contributed by atoms with Gasteiger partial charge in [0.25, 0.3) is 10.0 Å². The van der Waals surface area contributed by atoms with Crippen LogP contribution in [0.5, 0.6) is 0 Å². The summed E-state index contributed by atoms with van der Waals surface area (Å²) in [5, 5.41) is 4.10. The molecule has 2 N–H and O–H groups in total. The number of hydrogen-bond donors (Lipinski definition) is 2. The van der Waals surface area contributed by atoms with E-state index < -0.39 is 10.0 Å². The number of nitrogens with zero attached hydrogens (tertiary/aromatic N) is 2. The quantitative estimate of drug-likeness (QED) is 0.436. The fourth-order valence-corrected chi connectivity index (χ4v) is 3.96. The number of nitrogens with one attached hydrogen (secondary N) is 2. The maximum Gasteiger partial charge on any atom is 0.263 e. The molecule has 1 aromatic carbocycles. The number of benzene rings is 1. The van der Waals surface area contributed by atoms with Crippen LogP contribution in [0.4, 0.5) is 11.5 Å². The minimum absolute atomic E-state index is 0.0268. The van der Waals surface area contributed by atoms with Crippen LogP contribution >= 0.6 is 11.6 Å². The largest absolute Gasteiger partial charge is 0.465 e. The van der Waals surface area contributed by atoms with E-state index in [-0.39, 0.29) is 10.0 Å². The van der Waals surface area contributed by atoms with E-state index in [4.69, 9.17) is 16.0 Å². The molecule has 0 unspecified atom stereocenters. The molecule has 29 heavy (non-hydrogen) atoms. The number of aromatic nitrogens is 2.